The van der Waals surface area contributed by atoms with Crippen LogP contribution in [-0.2, 0) is 0 Å². The zero-order valence-corrected chi connectivity index (χ0v) is 17.0. The normalized spacial score (nSPS) is 13.0. The highest BCUT2D eigenvalue weighted by atomic mass is 32.1. The maximum Gasteiger partial charge on any atom is 0.267 e. The molecule has 1 aromatic carbocycles. The van der Waals surface area contributed by atoms with Gasteiger partial charge in [0.05, 0.1) is 29.2 Å². The van der Waals surface area contributed by atoms with Gasteiger partial charge in [-0.25, -0.2) is 19.3 Å². The van der Waals surface area contributed by atoms with Crippen molar-refractivity contribution < 1.29 is 18.7 Å². The van der Waals surface area contributed by atoms with E-state index < -0.39 is 11.7 Å². The number of rotatable bonds is 6. The molecule has 0 bridgehead atoms. The van der Waals surface area contributed by atoms with Gasteiger partial charge in [-0.2, -0.15) is 0 Å². The summed E-state index contributed by atoms with van der Waals surface area (Å²) in [6.45, 7) is 3.43. The highest BCUT2D eigenvalue weighted by molar-refractivity contribution is 7.13. The van der Waals surface area contributed by atoms with E-state index in [0.29, 0.717) is 22.0 Å². The van der Waals surface area contributed by atoms with Gasteiger partial charge in [-0.15, -0.1) is 11.3 Å². The van der Waals surface area contributed by atoms with Gasteiger partial charge in [0.2, 0.25) is 5.88 Å². The highest BCUT2D eigenvalue weighted by Crippen LogP contribution is 2.26. The van der Waals surface area contributed by atoms with E-state index >= 15 is 0 Å². The molecule has 0 spiro atoms. The summed E-state index contributed by atoms with van der Waals surface area (Å²) >= 11 is 1.24. The SMILES string of the molecule is Cc1ncc(C(=O)Nc2cc(C(=O)Nc3cnc(OC4CC4)cn3)c(F)cc2C)s1. The third kappa shape index (κ3) is 4.60. The van der Waals surface area contributed by atoms with Crippen LogP contribution in [-0.4, -0.2) is 32.9 Å². The molecule has 2 heterocycles. The first-order chi connectivity index (χ1) is 14.4. The van der Waals surface area contributed by atoms with Gasteiger partial charge in [-0.05, 0) is 44.4 Å². The lowest BCUT2D eigenvalue weighted by Crippen LogP contribution is -2.17. The molecule has 1 aliphatic rings. The molecule has 1 saturated carbocycles. The Kier molecular flexibility index (Phi) is 5.40. The molecule has 2 aromatic heterocycles. The number of ether oxygens (including phenoxy) is 1. The van der Waals surface area contributed by atoms with Crippen LogP contribution in [0.1, 0.15) is 43.4 Å². The quantitative estimate of drug-likeness (QED) is 0.621. The van der Waals surface area contributed by atoms with Crippen molar-refractivity contribution in [1.29, 1.82) is 0 Å². The van der Waals surface area contributed by atoms with E-state index in [-0.39, 0.29) is 23.4 Å². The van der Waals surface area contributed by atoms with E-state index in [0.717, 1.165) is 17.8 Å². The molecule has 1 fully saturated rings. The van der Waals surface area contributed by atoms with Crippen molar-refractivity contribution in [3.05, 3.63) is 57.6 Å². The summed E-state index contributed by atoms with van der Waals surface area (Å²) in [5.41, 5.74) is 0.591. The number of aryl methyl sites for hydroxylation is 2. The number of anilines is 2. The van der Waals surface area contributed by atoms with Crippen LogP contribution in [0.5, 0.6) is 5.88 Å². The minimum atomic E-state index is -0.710. The Morgan fingerprint density at radius 3 is 2.50 bits per heavy atom. The summed E-state index contributed by atoms with van der Waals surface area (Å²) in [5, 5.41) is 5.95. The average molecular weight is 427 g/mol. The first kappa shape index (κ1) is 19.9. The van der Waals surface area contributed by atoms with Gasteiger partial charge in [-0.3, -0.25) is 9.59 Å². The lowest BCUT2D eigenvalue weighted by Gasteiger charge is -2.11. The van der Waals surface area contributed by atoms with Gasteiger partial charge < -0.3 is 15.4 Å². The molecule has 0 aliphatic heterocycles. The molecule has 1 aliphatic carbocycles. The van der Waals surface area contributed by atoms with Gasteiger partial charge >= 0.3 is 0 Å². The fourth-order valence-corrected chi connectivity index (χ4v) is 3.29. The van der Waals surface area contributed by atoms with E-state index in [4.69, 9.17) is 4.74 Å². The fraction of sp³-hybridized carbons (Fsp3) is 0.250. The molecule has 0 atom stereocenters. The van der Waals surface area contributed by atoms with Crippen molar-refractivity contribution in [2.45, 2.75) is 32.8 Å². The number of carbonyl (C=O) groups excluding carboxylic acids is 2. The third-order valence-electron chi connectivity index (χ3n) is 4.33. The largest absolute Gasteiger partial charge is 0.473 e. The molecular weight excluding hydrogens is 409 g/mol. The van der Waals surface area contributed by atoms with Crippen LogP contribution in [0.2, 0.25) is 0 Å². The minimum absolute atomic E-state index is 0.161. The number of carbonyl (C=O) groups is 2. The molecule has 8 nitrogen and oxygen atoms in total. The maximum atomic E-state index is 14.4. The van der Waals surface area contributed by atoms with Crippen molar-refractivity contribution in [1.82, 2.24) is 15.0 Å². The maximum absolute atomic E-state index is 14.4. The zero-order chi connectivity index (χ0) is 21.3. The molecule has 0 saturated heterocycles. The number of nitrogens with zero attached hydrogens (tertiary/aromatic N) is 3. The van der Waals surface area contributed by atoms with Gasteiger partial charge in [-0.1, -0.05) is 0 Å². The minimum Gasteiger partial charge on any atom is -0.473 e. The van der Waals surface area contributed by atoms with Gasteiger partial charge in [0.1, 0.15) is 16.8 Å². The molecule has 2 N–H and O–H groups in total. The Morgan fingerprint density at radius 1 is 1.07 bits per heavy atom. The fourth-order valence-electron chi connectivity index (χ4n) is 2.61. The predicted octanol–water partition coefficient (Wildman–Crippen LogP) is 3.73. The molecular formula is C20H18FN5O3S. The van der Waals surface area contributed by atoms with Crippen molar-refractivity contribution in [2.75, 3.05) is 10.6 Å². The topological polar surface area (TPSA) is 106 Å². The third-order valence-corrected chi connectivity index (χ3v) is 5.25. The number of aromatic nitrogens is 3. The molecule has 154 valence electrons. The van der Waals surface area contributed by atoms with Crippen LogP contribution in [0.25, 0.3) is 0 Å². The first-order valence-corrected chi connectivity index (χ1v) is 10.0. The lowest BCUT2D eigenvalue weighted by atomic mass is 10.1. The number of benzene rings is 1. The van der Waals surface area contributed by atoms with Crippen LogP contribution in [0, 0.1) is 19.7 Å². The second-order valence-corrected chi connectivity index (χ2v) is 8.09. The second kappa shape index (κ2) is 8.15. The molecule has 0 radical (unpaired) electrons. The van der Waals surface area contributed by atoms with Crippen LogP contribution in [0.4, 0.5) is 15.9 Å². The van der Waals surface area contributed by atoms with Gasteiger partial charge in [0.15, 0.2) is 5.82 Å². The Morgan fingerprint density at radius 2 is 1.87 bits per heavy atom. The molecule has 0 unspecified atom stereocenters. The van der Waals surface area contributed by atoms with Crippen molar-refractivity contribution in [3.63, 3.8) is 0 Å². The number of hydrogen-bond acceptors (Lipinski definition) is 7. The first-order valence-electron chi connectivity index (χ1n) is 9.23. The molecule has 4 rings (SSSR count). The average Bonchev–Trinajstić information content (AvgIpc) is 3.42. The van der Waals surface area contributed by atoms with Gasteiger partial charge in [0.25, 0.3) is 11.8 Å². The number of amides is 2. The predicted molar refractivity (Wildman–Crippen MR) is 110 cm³/mol. The summed E-state index contributed by atoms with van der Waals surface area (Å²) in [7, 11) is 0. The Bertz CT molecular complexity index is 1110. The van der Waals surface area contributed by atoms with Crippen LogP contribution in [0.15, 0.2) is 30.7 Å². The van der Waals surface area contributed by atoms with E-state index in [1.165, 1.54) is 42.1 Å². The van der Waals surface area contributed by atoms with E-state index in [1.54, 1.807) is 13.8 Å². The number of halogens is 1. The Hall–Kier alpha value is -3.40. The summed E-state index contributed by atoms with van der Waals surface area (Å²) in [6, 6.07) is 2.49. The van der Waals surface area contributed by atoms with Crippen molar-refractivity contribution in [3.8, 4) is 5.88 Å². The monoisotopic (exact) mass is 427 g/mol. The summed E-state index contributed by atoms with van der Waals surface area (Å²) in [6.07, 6.45) is 6.39. The van der Waals surface area contributed by atoms with Crippen LogP contribution < -0.4 is 15.4 Å². The van der Waals surface area contributed by atoms with Gasteiger partial charge in [0, 0.05) is 5.69 Å². The van der Waals surface area contributed by atoms with Crippen molar-refractivity contribution in [2.24, 2.45) is 0 Å². The standard InChI is InChI=1S/C20H18FN5O3S/c1-10-5-14(21)13(6-15(10)25-20(28)16-7-22-11(2)30-16)19(27)26-17-8-24-18(9-23-17)29-12-3-4-12/h5-9,12H,3-4H2,1-2H3,(H,25,28)(H,23,26,27). The summed E-state index contributed by atoms with van der Waals surface area (Å²) < 4.78 is 19.9. The van der Waals surface area contributed by atoms with Crippen molar-refractivity contribution >= 4 is 34.7 Å². The Labute approximate surface area is 175 Å². The molecule has 3 aromatic rings. The molecule has 30 heavy (non-hydrogen) atoms. The smallest absolute Gasteiger partial charge is 0.267 e. The number of nitrogens with one attached hydrogen (secondary N) is 2. The molecule has 10 heteroatoms. The number of hydrogen-bond donors (Lipinski definition) is 2. The summed E-state index contributed by atoms with van der Waals surface area (Å²) in [4.78, 5) is 37.6. The molecule has 2 amide bonds. The van der Waals surface area contributed by atoms with E-state index in [1.807, 2.05) is 0 Å². The summed E-state index contributed by atoms with van der Waals surface area (Å²) in [5.74, 6) is -1.26. The highest BCUT2D eigenvalue weighted by Gasteiger charge is 2.24. The Balaban J connectivity index is 1.49. The number of thiazole rings is 1. The van der Waals surface area contributed by atoms with Crippen LogP contribution >= 0.6 is 11.3 Å². The van der Waals surface area contributed by atoms with Crippen LogP contribution in [0.3, 0.4) is 0 Å². The second-order valence-electron chi connectivity index (χ2n) is 6.86. The lowest BCUT2D eigenvalue weighted by molar-refractivity contribution is 0.101. The zero-order valence-electron chi connectivity index (χ0n) is 16.2. The van der Waals surface area contributed by atoms with E-state index in [2.05, 4.69) is 25.6 Å². The van der Waals surface area contributed by atoms with E-state index in [9.17, 15) is 14.0 Å².